The molecule has 0 bridgehead atoms. The van der Waals surface area contributed by atoms with E-state index >= 15 is 0 Å². The summed E-state index contributed by atoms with van der Waals surface area (Å²) >= 11 is 0. The first-order chi connectivity index (χ1) is 11.7. The lowest BCUT2D eigenvalue weighted by Gasteiger charge is -2.30. The van der Waals surface area contributed by atoms with Crippen LogP contribution in [0.1, 0.15) is 11.1 Å². The lowest BCUT2D eigenvalue weighted by molar-refractivity contribution is -0.918. The standard InChI is InChI=1S/C18H20N4O2/c23-22(24)18-8-4-7-17(13-18)14-19-21-11-9-20(10-12-21)15-16-5-2-1-3-6-16/h1-8,13-14H,9-12,15H2/p+1/b19-14+. The van der Waals surface area contributed by atoms with Crippen molar-refractivity contribution in [3.8, 4) is 0 Å². The van der Waals surface area contributed by atoms with E-state index in [1.807, 2.05) is 17.1 Å². The molecule has 124 valence electrons. The van der Waals surface area contributed by atoms with Gasteiger partial charge in [0.2, 0.25) is 0 Å². The van der Waals surface area contributed by atoms with Crippen LogP contribution in [0.15, 0.2) is 59.7 Å². The number of nitrogens with one attached hydrogen (secondary N) is 1. The van der Waals surface area contributed by atoms with E-state index in [9.17, 15) is 10.1 Å². The summed E-state index contributed by atoms with van der Waals surface area (Å²) in [6.45, 7) is 4.92. The third kappa shape index (κ3) is 4.39. The van der Waals surface area contributed by atoms with Crippen molar-refractivity contribution in [1.82, 2.24) is 5.01 Å². The van der Waals surface area contributed by atoms with Crippen LogP contribution in [-0.2, 0) is 6.54 Å². The van der Waals surface area contributed by atoms with Crippen LogP contribution in [-0.4, -0.2) is 42.3 Å². The van der Waals surface area contributed by atoms with Gasteiger partial charge < -0.3 is 4.90 Å². The average Bonchev–Trinajstić information content (AvgIpc) is 2.62. The van der Waals surface area contributed by atoms with Gasteiger partial charge in [0.25, 0.3) is 5.69 Å². The molecule has 0 saturated carbocycles. The van der Waals surface area contributed by atoms with Crippen LogP contribution in [0.2, 0.25) is 0 Å². The number of quaternary nitrogens is 1. The summed E-state index contributed by atoms with van der Waals surface area (Å²) in [7, 11) is 0. The van der Waals surface area contributed by atoms with Crippen LogP contribution < -0.4 is 4.90 Å². The van der Waals surface area contributed by atoms with Gasteiger partial charge in [0, 0.05) is 23.3 Å². The van der Waals surface area contributed by atoms with Crippen molar-refractivity contribution in [3.63, 3.8) is 0 Å². The minimum absolute atomic E-state index is 0.0936. The van der Waals surface area contributed by atoms with Crippen LogP contribution in [0.5, 0.6) is 0 Å². The Balaban J connectivity index is 1.52. The number of benzene rings is 2. The number of nitrogens with zero attached hydrogens (tertiary/aromatic N) is 3. The monoisotopic (exact) mass is 325 g/mol. The molecule has 0 aromatic heterocycles. The van der Waals surface area contributed by atoms with Crippen LogP contribution >= 0.6 is 0 Å². The van der Waals surface area contributed by atoms with Crippen molar-refractivity contribution in [3.05, 3.63) is 75.8 Å². The van der Waals surface area contributed by atoms with Gasteiger partial charge in [-0.05, 0) is 0 Å². The van der Waals surface area contributed by atoms with Crippen molar-refractivity contribution in [2.24, 2.45) is 5.10 Å². The second kappa shape index (κ2) is 7.70. The minimum atomic E-state index is -0.386. The Kier molecular flexibility index (Phi) is 5.18. The van der Waals surface area contributed by atoms with Gasteiger partial charge in [-0.15, -0.1) is 0 Å². The Bertz CT molecular complexity index is 710. The molecule has 0 unspecified atom stereocenters. The molecule has 6 nitrogen and oxygen atoms in total. The van der Waals surface area contributed by atoms with Gasteiger partial charge in [-0.1, -0.05) is 42.5 Å². The quantitative estimate of drug-likeness (QED) is 0.512. The molecular weight excluding hydrogens is 304 g/mol. The van der Waals surface area contributed by atoms with E-state index < -0.39 is 0 Å². The third-order valence-corrected chi connectivity index (χ3v) is 4.20. The molecule has 1 heterocycles. The fourth-order valence-corrected chi connectivity index (χ4v) is 2.85. The Morgan fingerprint density at radius 3 is 2.58 bits per heavy atom. The van der Waals surface area contributed by atoms with E-state index in [4.69, 9.17) is 0 Å². The Morgan fingerprint density at radius 1 is 1.12 bits per heavy atom. The second-order valence-corrected chi connectivity index (χ2v) is 5.96. The molecule has 6 heteroatoms. The highest BCUT2D eigenvalue weighted by molar-refractivity contribution is 5.80. The van der Waals surface area contributed by atoms with Gasteiger partial charge in [-0.3, -0.25) is 15.1 Å². The number of rotatable bonds is 5. The maximum Gasteiger partial charge on any atom is 0.270 e. The number of hydrogen-bond acceptors (Lipinski definition) is 4. The first kappa shape index (κ1) is 16.1. The van der Waals surface area contributed by atoms with E-state index in [0.29, 0.717) is 0 Å². The summed E-state index contributed by atoms with van der Waals surface area (Å²) in [6, 6.07) is 17.1. The zero-order chi connectivity index (χ0) is 16.8. The van der Waals surface area contributed by atoms with Gasteiger partial charge in [0.1, 0.15) is 6.54 Å². The highest BCUT2D eigenvalue weighted by Gasteiger charge is 2.18. The van der Waals surface area contributed by atoms with Crippen molar-refractivity contribution in [2.75, 3.05) is 26.2 Å². The molecule has 1 aliphatic heterocycles. The van der Waals surface area contributed by atoms with E-state index in [2.05, 4.69) is 29.4 Å². The van der Waals surface area contributed by atoms with Crippen molar-refractivity contribution in [2.45, 2.75) is 6.54 Å². The first-order valence-electron chi connectivity index (χ1n) is 8.11. The summed E-state index contributed by atoms with van der Waals surface area (Å²) in [4.78, 5) is 12.0. The van der Waals surface area contributed by atoms with E-state index in [1.165, 1.54) is 11.6 Å². The number of hydrazone groups is 1. The molecular formula is C18H21N4O2+. The maximum atomic E-state index is 10.8. The lowest BCUT2D eigenvalue weighted by atomic mass is 10.2. The summed E-state index contributed by atoms with van der Waals surface area (Å²) in [5.74, 6) is 0. The van der Waals surface area contributed by atoms with Gasteiger partial charge in [-0.2, -0.15) is 5.10 Å². The topological polar surface area (TPSA) is 63.2 Å². The number of nitro benzene ring substituents is 1. The second-order valence-electron chi connectivity index (χ2n) is 5.96. The van der Waals surface area contributed by atoms with Crippen LogP contribution in [0.3, 0.4) is 0 Å². The molecule has 1 aliphatic rings. The molecule has 1 N–H and O–H groups in total. The zero-order valence-electron chi connectivity index (χ0n) is 13.5. The maximum absolute atomic E-state index is 10.8. The number of hydrogen-bond donors (Lipinski definition) is 1. The van der Waals surface area contributed by atoms with Crippen molar-refractivity contribution >= 4 is 11.9 Å². The molecule has 0 aliphatic carbocycles. The van der Waals surface area contributed by atoms with Gasteiger partial charge in [-0.25, -0.2) is 0 Å². The molecule has 0 atom stereocenters. The molecule has 1 fully saturated rings. The van der Waals surface area contributed by atoms with Gasteiger partial charge >= 0.3 is 0 Å². The average molecular weight is 325 g/mol. The molecule has 0 spiro atoms. The van der Waals surface area contributed by atoms with E-state index in [0.717, 1.165) is 38.3 Å². The Hall–Kier alpha value is -2.73. The summed E-state index contributed by atoms with van der Waals surface area (Å²) in [5.41, 5.74) is 2.21. The molecule has 1 saturated heterocycles. The molecule has 0 amide bonds. The van der Waals surface area contributed by atoms with E-state index in [1.54, 1.807) is 23.2 Å². The summed E-state index contributed by atoms with van der Waals surface area (Å²) in [6.07, 6.45) is 1.70. The molecule has 0 radical (unpaired) electrons. The fraction of sp³-hybridized carbons (Fsp3) is 0.278. The van der Waals surface area contributed by atoms with Crippen molar-refractivity contribution in [1.29, 1.82) is 0 Å². The highest BCUT2D eigenvalue weighted by Crippen LogP contribution is 2.11. The van der Waals surface area contributed by atoms with E-state index in [-0.39, 0.29) is 10.6 Å². The summed E-state index contributed by atoms with van der Waals surface area (Å²) < 4.78 is 0. The SMILES string of the molecule is O=[N+]([O-])c1cccc(/C=N/N2CC[NH+](Cc3ccccc3)CC2)c1. The largest absolute Gasteiger partial charge is 0.328 e. The molecule has 2 aromatic carbocycles. The van der Waals surface area contributed by atoms with Crippen LogP contribution in [0, 0.1) is 10.1 Å². The fourth-order valence-electron chi connectivity index (χ4n) is 2.85. The number of non-ortho nitro benzene ring substituents is 1. The van der Waals surface area contributed by atoms with Crippen LogP contribution in [0.25, 0.3) is 0 Å². The van der Waals surface area contributed by atoms with Crippen molar-refractivity contribution < 1.29 is 9.82 Å². The number of piperazine rings is 1. The first-order valence-corrected chi connectivity index (χ1v) is 8.11. The smallest absolute Gasteiger partial charge is 0.270 e. The third-order valence-electron chi connectivity index (χ3n) is 4.20. The number of nitro groups is 1. The predicted molar refractivity (Wildman–Crippen MR) is 93.1 cm³/mol. The highest BCUT2D eigenvalue weighted by atomic mass is 16.6. The minimum Gasteiger partial charge on any atom is -0.328 e. The van der Waals surface area contributed by atoms with Gasteiger partial charge in [0.05, 0.1) is 37.3 Å². The molecule has 3 rings (SSSR count). The van der Waals surface area contributed by atoms with Crippen LogP contribution in [0.4, 0.5) is 5.69 Å². The summed E-state index contributed by atoms with van der Waals surface area (Å²) in [5, 5.41) is 17.3. The zero-order valence-corrected chi connectivity index (χ0v) is 13.5. The Labute approximate surface area is 141 Å². The molecule has 2 aromatic rings. The predicted octanol–water partition coefficient (Wildman–Crippen LogP) is 1.33. The molecule has 24 heavy (non-hydrogen) atoms. The van der Waals surface area contributed by atoms with Gasteiger partial charge in [0.15, 0.2) is 0 Å². The normalized spacial score (nSPS) is 15.8. The Morgan fingerprint density at radius 2 is 1.88 bits per heavy atom. The lowest BCUT2D eigenvalue weighted by Crippen LogP contribution is -3.13.